The summed E-state index contributed by atoms with van der Waals surface area (Å²) in [6.07, 6.45) is 0.967. The van der Waals surface area contributed by atoms with Crippen LogP contribution in [0.2, 0.25) is 0 Å². The van der Waals surface area contributed by atoms with E-state index in [1.54, 1.807) is 7.05 Å². The van der Waals surface area contributed by atoms with E-state index in [1.807, 2.05) is 32.0 Å². The number of rotatable bonds is 9. The smallest absolute Gasteiger partial charge is 0.191 e. The molecular weight excluding hydrogens is 393 g/mol. The Kier molecular flexibility index (Phi) is 13.0. The van der Waals surface area contributed by atoms with Gasteiger partial charge in [0.25, 0.3) is 0 Å². The molecule has 1 rings (SSSR count). The lowest BCUT2D eigenvalue weighted by molar-refractivity contribution is 0.145. The van der Waals surface area contributed by atoms with Crippen LogP contribution in [0.25, 0.3) is 0 Å². The van der Waals surface area contributed by atoms with Gasteiger partial charge in [-0.3, -0.25) is 4.99 Å². The highest BCUT2D eigenvalue weighted by atomic mass is 127. The lowest BCUT2D eigenvalue weighted by Crippen LogP contribution is -2.37. The van der Waals surface area contributed by atoms with Gasteiger partial charge >= 0.3 is 0 Å². The third kappa shape index (κ3) is 9.09. The van der Waals surface area contributed by atoms with E-state index in [9.17, 15) is 0 Å². The summed E-state index contributed by atoms with van der Waals surface area (Å²) in [7, 11) is 1.77. The van der Waals surface area contributed by atoms with E-state index < -0.39 is 0 Å². The Morgan fingerprint density at radius 3 is 2.68 bits per heavy atom. The maximum absolute atomic E-state index is 5.49. The Labute approximate surface area is 150 Å². The summed E-state index contributed by atoms with van der Waals surface area (Å²) in [5.41, 5.74) is 1.17. The molecule has 0 fully saturated rings. The standard InChI is InChI=1S/C16H27N3O2.HI/c1-4-20-11-7-10-18-16(17-3)19-13-14-8-6-9-15(12-14)21-5-2;/h6,8-9,12H,4-5,7,10-11,13H2,1-3H3,(H2,17,18,19);1H. The molecule has 2 N–H and O–H groups in total. The van der Waals surface area contributed by atoms with Crippen molar-refractivity contribution in [2.24, 2.45) is 4.99 Å². The molecule has 0 aromatic heterocycles. The van der Waals surface area contributed by atoms with Crippen LogP contribution in [0.4, 0.5) is 0 Å². The monoisotopic (exact) mass is 421 g/mol. The first-order valence-electron chi connectivity index (χ1n) is 7.54. The van der Waals surface area contributed by atoms with Crippen LogP contribution in [-0.4, -0.2) is 39.4 Å². The van der Waals surface area contributed by atoms with Gasteiger partial charge in [0.15, 0.2) is 5.96 Å². The molecule has 0 spiro atoms. The largest absolute Gasteiger partial charge is 0.494 e. The molecule has 0 aliphatic heterocycles. The van der Waals surface area contributed by atoms with Gasteiger partial charge < -0.3 is 20.1 Å². The molecule has 0 aliphatic rings. The van der Waals surface area contributed by atoms with Crippen LogP contribution in [-0.2, 0) is 11.3 Å². The topological polar surface area (TPSA) is 54.9 Å². The molecule has 0 saturated heterocycles. The number of hydrogen-bond donors (Lipinski definition) is 2. The van der Waals surface area contributed by atoms with Crippen molar-refractivity contribution in [2.75, 3.05) is 33.4 Å². The molecule has 1 aromatic rings. The third-order valence-corrected chi connectivity index (χ3v) is 2.86. The maximum Gasteiger partial charge on any atom is 0.191 e. The number of guanidine groups is 1. The number of nitrogens with one attached hydrogen (secondary N) is 2. The zero-order valence-corrected chi connectivity index (χ0v) is 16.1. The van der Waals surface area contributed by atoms with Crippen LogP contribution < -0.4 is 15.4 Å². The zero-order chi connectivity index (χ0) is 15.3. The van der Waals surface area contributed by atoms with E-state index >= 15 is 0 Å². The second kappa shape index (κ2) is 13.6. The summed E-state index contributed by atoms with van der Waals surface area (Å²) in [5, 5.41) is 6.55. The van der Waals surface area contributed by atoms with Gasteiger partial charge in [0.05, 0.1) is 6.61 Å². The van der Waals surface area contributed by atoms with Gasteiger partial charge in [0.2, 0.25) is 0 Å². The fourth-order valence-electron chi connectivity index (χ4n) is 1.84. The highest BCUT2D eigenvalue weighted by molar-refractivity contribution is 14.0. The third-order valence-electron chi connectivity index (χ3n) is 2.86. The van der Waals surface area contributed by atoms with Crippen LogP contribution in [0, 0.1) is 0 Å². The molecule has 0 unspecified atom stereocenters. The van der Waals surface area contributed by atoms with E-state index in [0.717, 1.165) is 37.9 Å². The minimum atomic E-state index is 0. The van der Waals surface area contributed by atoms with Crippen molar-refractivity contribution in [3.63, 3.8) is 0 Å². The minimum Gasteiger partial charge on any atom is -0.494 e. The summed E-state index contributed by atoms with van der Waals surface area (Å²) < 4.78 is 10.8. The summed E-state index contributed by atoms with van der Waals surface area (Å²) in [5.74, 6) is 1.70. The number of ether oxygens (including phenoxy) is 2. The number of hydrogen-bond acceptors (Lipinski definition) is 3. The number of benzene rings is 1. The van der Waals surface area contributed by atoms with Crippen molar-refractivity contribution < 1.29 is 9.47 Å². The van der Waals surface area contributed by atoms with E-state index in [2.05, 4.69) is 21.7 Å². The van der Waals surface area contributed by atoms with Crippen LogP contribution in [0.15, 0.2) is 29.3 Å². The van der Waals surface area contributed by atoms with Gasteiger partial charge in [0.1, 0.15) is 5.75 Å². The fraction of sp³-hybridized carbons (Fsp3) is 0.562. The second-order valence-electron chi connectivity index (χ2n) is 4.48. The second-order valence-corrected chi connectivity index (χ2v) is 4.48. The van der Waals surface area contributed by atoms with Crippen molar-refractivity contribution in [1.29, 1.82) is 0 Å². The Hall–Kier alpha value is -1.02. The molecule has 5 nitrogen and oxygen atoms in total. The van der Waals surface area contributed by atoms with E-state index in [4.69, 9.17) is 9.47 Å². The van der Waals surface area contributed by atoms with Gasteiger partial charge in [-0.2, -0.15) is 0 Å². The Bertz CT molecular complexity index is 428. The first-order chi connectivity index (χ1) is 10.3. The Morgan fingerprint density at radius 2 is 2.00 bits per heavy atom. The molecule has 0 amide bonds. The number of halogens is 1. The van der Waals surface area contributed by atoms with Gasteiger partial charge in [-0.1, -0.05) is 12.1 Å². The van der Waals surface area contributed by atoms with Crippen molar-refractivity contribution in [3.8, 4) is 5.75 Å². The first-order valence-corrected chi connectivity index (χ1v) is 7.54. The Balaban J connectivity index is 0.00000441. The molecule has 0 bridgehead atoms. The summed E-state index contributed by atoms with van der Waals surface area (Å²) in [6, 6.07) is 8.07. The van der Waals surface area contributed by atoms with Crippen molar-refractivity contribution in [1.82, 2.24) is 10.6 Å². The van der Waals surface area contributed by atoms with Gasteiger partial charge in [0, 0.05) is 33.4 Å². The molecular formula is C16H28IN3O2. The van der Waals surface area contributed by atoms with Crippen LogP contribution in [0.3, 0.4) is 0 Å². The van der Waals surface area contributed by atoms with E-state index in [-0.39, 0.29) is 24.0 Å². The molecule has 0 saturated carbocycles. The summed E-state index contributed by atoms with van der Waals surface area (Å²) in [6.45, 7) is 7.77. The lowest BCUT2D eigenvalue weighted by atomic mass is 10.2. The summed E-state index contributed by atoms with van der Waals surface area (Å²) >= 11 is 0. The molecule has 22 heavy (non-hydrogen) atoms. The molecule has 0 atom stereocenters. The minimum absolute atomic E-state index is 0. The van der Waals surface area contributed by atoms with E-state index in [1.165, 1.54) is 5.56 Å². The zero-order valence-electron chi connectivity index (χ0n) is 13.7. The van der Waals surface area contributed by atoms with E-state index in [0.29, 0.717) is 13.2 Å². The van der Waals surface area contributed by atoms with Crippen molar-refractivity contribution >= 4 is 29.9 Å². The molecule has 6 heteroatoms. The van der Waals surface area contributed by atoms with Crippen molar-refractivity contribution in [3.05, 3.63) is 29.8 Å². The quantitative estimate of drug-likeness (QED) is 0.279. The number of nitrogens with zero attached hydrogens (tertiary/aromatic N) is 1. The summed E-state index contributed by atoms with van der Waals surface area (Å²) in [4.78, 5) is 4.20. The first kappa shape index (κ1) is 21.0. The number of aliphatic imine (C=N–C) groups is 1. The fourth-order valence-corrected chi connectivity index (χ4v) is 1.84. The van der Waals surface area contributed by atoms with Crippen LogP contribution >= 0.6 is 24.0 Å². The SMILES string of the molecule is CCOCCCNC(=NC)NCc1cccc(OCC)c1.I. The molecule has 1 aromatic carbocycles. The Morgan fingerprint density at radius 1 is 1.18 bits per heavy atom. The van der Waals surface area contributed by atoms with Gasteiger partial charge in [-0.15, -0.1) is 24.0 Å². The average molecular weight is 421 g/mol. The molecule has 0 heterocycles. The van der Waals surface area contributed by atoms with Gasteiger partial charge in [-0.05, 0) is 38.0 Å². The van der Waals surface area contributed by atoms with Gasteiger partial charge in [-0.25, -0.2) is 0 Å². The van der Waals surface area contributed by atoms with Crippen LogP contribution in [0.1, 0.15) is 25.8 Å². The molecule has 126 valence electrons. The van der Waals surface area contributed by atoms with Crippen LogP contribution in [0.5, 0.6) is 5.75 Å². The molecule has 0 aliphatic carbocycles. The normalized spacial score (nSPS) is 10.8. The molecule has 0 radical (unpaired) electrons. The predicted molar refractivity (Wildman–Crippen MR) is 102 cm³/mol. The predicted octanol–water partition coefficient (Wildman–Crippen LogP) is 2.79. The van der Waals surface area contributed by atoms with Crippen molar-refractivity contribution in [2.45, 2.75) is 26.8 Å². The average Bonchev–Trinajstić information content (AvgIpc) is 2.51. The maximum atomic E-state index is 5.49. The highest BCUT2D eigenvalue weighted by Gasteiger charge is 1.99. The lowest BCUT2D eigenvalue weighted by Gasteiger charge is -2.12. The highest BCUT2D eigenvalue weighted by Crippen LogP contribution is 2.12.